The van der Waals surface area contributed by atoms with Gasteiger partial charge in [-0.05, 0) is 0 Å². The molecule has 86 valence electrons. The van der Waals surface area contributed by atoms with E-state index in [4.69, 9.17) is 0 Å². The molecule has 0 aromatic heterocycles. The van der Waals surface area contributed by atoms with Gasteiger partial charge in [0.25, 0.3) is 0 Å². The van der Waals surface area contributed by atoms with E-state index >= 15 is 0 Å². The third kappa shape index (κ3) is 3.04. The van der Waals surface area contributed by atoms with Crippen molar-refractivity contribution < 1.29 is 0 Å². The van der Waals surface area contributed by atoms with E-state index in [9.17, 15) is 0 Å². The zero-order valence-electron chi connectivity index (χ0n) is 10.0. The summed E-state index contributed by atoms with van der Waals surface area (Å²) in [6.45, 7) is 7.01. The second kappa shape index (κ2) is 4.97. The molecule has 0 spiro atoms. The molecule has 0 saturated heterocycles. The summed E-state index contributed by atoms with van der Waals surface area (Å²) < 4.78 is 0. The number of hydrogen-bond acceptors (Lipinski definition) is 0. The average Bonchev–Trinajstić information content (AvgIpc) is 2.31. The van der Waals surface area contributed by atoms with Crippen LogP contribution in [0, 0.1) is 0 Å². The molecule has 0 bridgehead atoms. The summed E-state index contributed by atoms with van der Waals surface area (Å²) >= 11 is 4.16. The van der Waals surface area contributed by atoms with Gasteiger partial charge in [-0.1, -0.05) is 0 Å². The minimum absolute atomic E-state index is 1.25. The van der Waals surface area contributed by atoms with Crippen molar-refractivity contribution in [1.82, 2.24) is 0 Å². The third-order valence-corrected chi connectivity index (χ3v) is 15.0. The molecule has 1 aromatic carbocycles. The maximum atomic E-state index is 4.16. The Labute approximate surface area is 102 Å². The van der Waals surface area contributed by atoms with E-state index < -0.39 is 5.31 Å². The van der Waals surface area contributed by atoms with Gasteiger partial charge in [-0.25, -0.2) is 0 Å². The fourth-order valence-electron chi connectivity index (χ4n) is 2.05. The summed E-state index contributed by atoms with van der Waals surface area (Å²) in [5, 5.41) is -1.62. The van der Waals surface area contributed by atoms with Gasteiger partial charge in [-0.15, -0.1) is 0 Å². The van der Waals surface area contributed by atoms with Crippen molar-refractivity contribution >= 4 is 20.8 Å². The van der Waals surface area contributed by atoms with Gasteiger partial charge in [0.05, 0.1) is 0 Å². The van der Waals surface area contributed by atoms with Crippen molar-refractivity contribution in [2.24, 2.45) is 0 Å². The van der Waals surface area contributed by atoms with E-state index in [0.717, 1.165) is 0 Å². The van der Waals surface area contributed by atoms with E-state index in [1.807, 2.05) is 0 Å². The van der Waals surface area contributed by atoms with Crippen LogP contribution in [0.1, 0.15) is 26.3 Å². The Morgan fingerprint density at radius 2 is 1.40 bits per heavy atom. The van der Waals surface area contributed by atoms with Crippen LogP contribution in [0.2, 0.25) is 0 Å². The Morgan fingerprint density at radius 1 is 0.933 bits per heavy atom. The van der Waals surface area contributed by atoms with Crippen LogP contribution >= 0.6 is 20.8 Å². The van der Waals surface area contributed by atoms with Crippen LogP contribution in [0.25, 0.3) is 0 Å². The molecular formula is C13H22BrP. The van der Waals surface area contributed by atoms with Gasteiger partial charge in [0, 0.05) is 0 Å². The van der Waals surface area contributed by atoms with Crippen molar-refractivity contribution in [3.8, 4) is 0 Å². The van der Waals surface area contributed by atoms with Gasteiger partial charge < -0.3 is 0 Å². The second-order valence-electron chi connectivity index (χ2n) is 4.41. The molecule has 0 heterocycles. The van der Waals surface area contributed by atoms with Crippen LogP contribution < -0.4 is 0 Å². The summed E-state index contributed by atoms with van der Waals surface area (Å²) in [5.74, 6) is 0. The fraction of sp³-hybridized carbons (Fsp3) is 0.538. The standard InChI is InChI=1S/C13H22BrP/c1-4-15(14,5-2,6-3)12-13-10-8-7-9-11-13/h7-11H,4-6,12H2,1-3H3. The van der Waals surface area contributed by atoms with E-state index in [2.05, 4.69) is 66.6 Å². The van der Waals surface area contributed by atoms with Gasteiger partial charge >= 0.3 is 102 Å². The molecule has 0 nitrogen and oxygen atoms in total. The van der Waals surface area contributed by atoms with Crippen molar-refractivity contribution in [1.29, 1.82) is 0 Å². The second-order valence-corrected chi connectivity index (χ2v) is 16.3. The van der Waals surface area contributed by atoms with Crippen LogP contribution in [0.5, 0.6) is 0 Å². The molecule has 2 heteroatoms. The zero-order valence-corrected chi connectivity index (χ0v) is 12.5. The van der Waals surface area contributed by atoms with Crippen LogP contribution in [0.3, 0.4) is 0 Å². The predicted molar refractivity (Wildman–Crippen MR) is 77.6 cm³/mol. The Kier molecular flexibility index (Phi) is 4.38. The third-order valence-electron chi connectivity index (χ3n) is 3.79. The molecule has 0 aliphatic heterocycles. The van der Waals surface area contributed by atoms with Crippen LogP contribution in [0.15, 0.2) is 30.3 Å². The number of halogens is 1. The van der Waals surface area contributed by atoms with E-state index in [-0.39, 0.29) is 0 Å². The van der Waals surface area contributed by atoms with Crippen molar-refractivity contribution in [3.05, 3.63) is 35.9 Å². The van der Waals surface area contributed by atoms with Crippen LogP contribution in [-0.2, 0) is 6.16 Å². The molecule has 1 aromatic rings. The van der Waals surface area contributed by atoms with Crippen molar-refractivity contribution in [2.75, 3.05) is 18.5 Å². The molecule has 1 rings (SSSR count). The number of rotatable bonds is 5. The van der Waals surface area contributed by atoms with E-state index in [0.29, 0.717) is 0 Å². The molecule has 0 aliphatic rings. The Bertz CT molecular complexity index is 293. The minimum atomic E-state index is -1.62. The summed E-state index contributed by atoms with van der Waals surface area (Å²) in [7, 11) is 0. The number of benzene rings is 1. The van der Waals surface area contributed by atoms with Gasteiger partial charge in [-0.3, -0.25) is 0 Å². The molecule has 0 amide bonds. The molecular weight excluding hydrogens is 267 g/mol. The van der Waals surface area contributed by atoms with Gasteiger partial charge in [0.1, 0.15) is 0 Å². The first-order valence-corrected chi connectivity index (χ1v) is 10.8. The topological polar surface area (TPSA) is 0 Å². The summed E-state index contributed by atoms with van der Waals surface area (Å²) in [4.78, 5) is 0. The summed E-state index contributed by atoms with van der Waals surface area (Å²) in [5.41, 5.74) is 1.48. The predicted octanol–water partition coefficient (Wildman–Crippen LogP) is 5.11. The molecule has 0 unspecified atom stereocenters. The Hall–Kier alpha value is 0.130. The molecule has 15 heavy (non-hydrogen) atoms. The summed E-state index contributed by atoms with van der Waals surface area (Å²) in [6, 6.07) is 10.9. The molecule has 0 aliphatic carbocycles. The maximum absolute atomic E-state index is 4.16. The SMILES string of the molecule is CCP(Br)(CC)(CC)Cc1ccccc1. The Balaban J connectivity index is 2.95. The fourth-order valence-corrected chi connectivity index (χ4v) is 6.05. The number of hydrogen-bond donors (Lipinski definition) is 0. The average molecular weight is 289 g/mol. The van der Waals surface area contributed by atoms with E-state index in [1.165, 1.54) is 30.2 Å². The van der Waals surface area contributed by atoms with Gasteiger partial charge in [-0.2, -0.15) is 0 Å². The van der Waals surface area contributed by atoms with Gasteiger partial charge in [0.2, 0.25) is 0 Å². The molecule has 0 saturated carbocycles. The van der Waals surface area contributed by atoms with Crippen LogP contribution in [-0.4, -0.2) is 18.5 Å². The van der Waals surface area contributed by atoms with E-state index in [1.54, 1.807) is 0 Å². The normalized spacial score (nSPS) is 14.5. The van der Waals surface area contributed by atoms with Crippen LogP contribution in [0.4, 0.5) is 0 Å². The molecule has 0 atom stereocenters. The molecule has 0 fully saturated rings. The van der Waals surface area contributed by atoms with Crippen molar-refractivity contribution in [2.45, 2.75) is 26.9 Å². The zero-order chi connectivity index (χ0) is 11.4. The van der Waals surface area contributed by atoms with Crippen molar-refractivity contribution in [3.63, 3.8) is 0 Å². The first-order chi connectivity index (χ1) is 7.06. The molecule has 0 radical (unpaired) electrons. The summed E-state index contributed by atoms with van der Waals surface area (Å²) in [6.07, 6.45) is 5.14. The quantitative estimate of drug-likeness (QED) is 0.661. The molecule has 0 N–H and O–H groups in total. The monoisotopic (exact) mass is 288 g/mol. The Morgan fingerprint density at radius 3 is 1.80 bits per heavy atom. The first-order valence-electron chi connectivity index (χ1n) is 5.82. The van der Waals surface area contributed by atoms with Gasteiger partial charge in [0.15, 0.2) is 0 Å². The first kappa shape index (κ1) is 13.2.